The minimum Gasteiger partial charge on any atom is -0.378 e. The molecule has 0 amide bonds. The van der Waals surface area contributed by atoms with Crippen LogP contribution in [0.5, 0.6) is 0 Å². The van der Waals surface area contributed by atoms with Crippen molar-refractivity contribution in [1.29, 1.82) is 0 Å². The van der Waals surface area contributed by atoms with Crippen molar-refractivity contribution in [3.8, 4) is 0 Å². The summed E-state index contributed by atoms with van der Waals surface area (Å²) in [6.07, 6.45) is 5.96. The highest BCUT2D eigenvalue weighted by atomic mass is 19.4. The quantitative estimate of drug-likeness (QED) is 0.239. The van der Waals surface area contributed by atoms with Crippen molar-refractivity contribution in [3.05, 3.63) is 65.0 Å². The molecule has 0 radical (unpaired) electrons. The molecule has 3 nitrogen and oxygen atoms in total. The summed E-state index contributed by atoms with van der Waals surface area (Å²) in [5.74, 6) is 0.454. The highest BCUT2D eigenvalue weighted by Gasteiger charge is 2.43. The maximum Gasteiger partial charge on any atom is 0.416 e. The summed E-state index contributed by atoms with van der Waals surface area (Å²) in [6.45, 7) is 1.66. The van der Waals surface area contributed by atoms with Gasteiger partial charge in [0.1, 0.15) is 5.82 Å². The van der Waals surface area contributed by atoms with E-state index in [4.69, 9.17) is 4.74 Å². The summed E-state index contributed by atoms with van der Waals surface area (Å²) >= 11 is 0. The smallest absolute Gasteiger partial charge is 0.378 e. The molecule has 0 bridgehead atoms. The van der Waals surface area contributed by atoms with Crippen LogP contribution in [0.3, 0.4) is 0 Å². The van der Waals surface area contributed by atoms with Crippen LogP contribution in [0.1, 0.15) is 86.6 Å². The number of anilines is 1. The summed E-state index contributed by atoms with van der Waals surface area (Å²) in [5, 5.41) is 7.00. The van der Waals surface area contributed by atoms with Crippen molar-refractivity contribution in [3.63, 3.8) is 0 Å². The monoisotopic (exact) mass is 504 g/mol. The minimum absolute atomic E-state index is 0.0336. The summed E-state index contributed by atoms with van der Waals surface area (Å²) in [7, 11) is 0. The van der Waals surface area contributed by atoms with Gasteiger partial charge in [-0.05, 0) is 67.6 Å². The molecule has 5 rings (SSSR count). The molecular weight excluding hydrogens is 468 g/mol. The predicted molar refractivity (Wildman–Crippen MR) is 133 cm³/mol. The third-order valence-electron chi connectivity index (χ3n) is 8.28. The summed E-state index contributed by atoms with van der Waals surface area (Å²) < 4.78 is 60.6. The molecular formula is C29H36F4N2O. The molecule has 36 heavy (non-hydrogen) atoms. The fraction of sp³-hybridized carbons (Fsp3) is 0.586. The molecule has 196 valence electrons. The lowest BCUT2D eigenvalue weighted by molar-refractivity contribution is -0.138. The van der Waals surface area contributed by atoms with Gasteiger partial charge in [-0.15, -0.1) is 0 Å². The molecule has 2 aromatic rings. The molecule has 2 aliphatic heterocycles. The SMILES string of the molecule is Fc1ccc([C@@H]2Nc3ccc(C(F)(F)F)cc3[C@H]3O[C@@H](CNCCC4CCCCCC4)CC[C@H]32)cc1. The Balaban J connectivity index is 1.30. The molecule has 2 N–H and O–H groups in total. The van der Waals surface area contributed by atoms with Gasteiger partial charge in [-0.3, -0.25) is 0 Å². The molecule has 1 saturated carbocycles. The third kappa shape index (κ3) is 5.88. The third-order valence-corrected chi connectivity index (χ3v) is 8.28. The van der Waals surface area contributed by atoms with Gasteiger partial charge in [-0.2, -0.15) is 13.2 Å². The fourth-order valence-corrected chi connectivity index (χ4v) is 6.30. The molecule has 0 spiro atoms. The molecule has 3 aliphatic rings. The highest BCUT2D eigenvalue weighted by Crippen LogP contribution is 2.51. The van der Waals surface area contributed by atoms with E-state index in [2.05, 4.69) is 10.6 Å². The molecule has 7 heteroatoms. The number of fused-ring (bicyclic) bond motifs is 3. The topological polar surface area (TPSA) is 33.3 Å². The molecule has 2 fully saturated rings. The lowest BCUT2D eigenvalue weighted by Crippen LogP contribution is -2.42. The van der Waals surface area contributed by atoms with Crippen LogP contribution in [-0.2, 0) is 10.9 Å². The van der Waals surface area contributed by atoms with Crippen molar-refractivity contribution in [2.45, 2.75) is 82.2 Å². The second-order valence-electron chi connectivity index (χ2n) is 10.7. The van der Waals surface area contributed by atoms with E-state index in [1.165, 1.54) is 69.2 Å². The van der Waals surface area contributed by atoms with Gasteiger partial charge in [0.2, 0.25) is 0 Å². The molecule has 0 aromatic heterocycles. The Hall–Kier alpha value is -2.12. The van der Waals surface area contributed by atoms with E-state index in [9.17, 15) is 17.6 Å². The van der Waals surface area contributed by atoms with Gasteiger partial charge in [-0.25, -0.2) is 4.39 Å². The normalized spacial score (nSPS) is 27.0. The first-order valence-electron chi connectivity index (χ1n) is 13.5. The van der Waals surface area contributed by atoms with Gasteiger partial charge in [0.05, 0.1) is 23.8 Å². The van der Waals surface area contributed by atoms with Crippen LogP contribution in [0.4, 0.5) is 23.2 Å². The van der Waals surface area contributed by atoms with Crippen molar-refractivity contribution in [1.82, 2.24) is 5.32 Å². The fourth-order valence-electron chi connectivity index (χ4n) is 6.30. The minimum atomic E-state index is -4.41. The average Bonchev–Trinajstić information content (AvgIpc) is 3.15. The summed E-state index contributed by atoms with van der Waals surface area (Å²) in [4.78, 5) is 0. The van der Waals surface area contributed by atoms with Crippen molar-refractivity contribution >= 4 is 5.69 Å². The number of alkyl halides is 3. The molecule has 4 atom stereocenters. The number of benzene rings is 2. The average molecular weight is 505 g/mol. The molecule has 1 aliphatic carbocycles. The van der Waals surface area contributed by atoms with Crippen LogP contribution in [0, 0.1) is 17.7 Å². The molecule has 2 aromatic carbocycles. The zero-order chi connectivity index (χ0) is 25.1. The van der Waals surface area contributed by atoms with Gasteiger partial charge in [-0.1, -0.05) is 50.7 Å². The van der Waals surface area contributed by atoms with E-state index in [0.29, 0.717) is 17.8 Å². The van der Waals surface area contributed by atoms with E-state index >= 15 is 0 Å². The van der Waals surface area contributed by atoms with Gasteiger partial charge in [0.25, 0.3) is 0 Å². The van der Waals surface area contributed by atoms with E-state index in [0.717, 1.165) is 36.9 Å². The molecule has 2 heterocycles. The van der Waals surface area contributed by atoms with Crippen molar-refractivity contribution < 1.29 is 22.3 Å². The Morgan fingerprint density at radius 1 is 0.917 bits per heavy atom. The van der Waals surface area contributed by atoms with E-state index in [-0.39, 0.29) is 23.9 Å². The Morgan fingerprint density at radius 3 is 2.39 bits per heavy atom. The Bertz CT molecular complexity index is 1000. The first kappa shape index (κ1) is 25.5. The van der Waals surface area contributed by atoms with Gasteiger partial charge < -0.3 is 15.4 Å². The highest BCUT2D eigenvalue weighted by molar-refractivity contribution is 5.58. The number of nitrogens with one attached hydrogen (secondary N) is 2. The first-order chi connectivity index (χ1) is 17.4. The lowest BCUT2D eigenvalue weighted by atomic mass is 9.76. The zero-order valence-electron chi connectivity index (χ0n) is 20.6. The maximum atomic E-state index is 13.6. The summed E-state index contributed by atoms with van der Waals surface area (Å²) in [5.41, 5.74) is 1.48. The first-order valence-corrected chi connectivity index (χ1v) is 13.5. The Kier molecular flexibility index (Phi) is 7.87. The lowest BCUT2D eigenvalue weighted by Gasteiger charge is -2.46. The van der Waals surface area contributed by atoms with Crippen molar-refractivity contribution in [2.24, 2.45) is 11.8 Å². The standard InChI is InChI=1S/C29H36F4N2O/c30-22-10-7-20(8-11-22)27-24-13-12-23(18-34-16-15-19-5-3-1-2-4-6-19)36-28(24)25-17-21(29(31,32)33)9-14-26(25)35-27/h7-11,14,17,19,23-24,27-28,34-35H,1-6,12-13,15-16,18H2/t23-,24+,27+,28+/m1/s1. The van der Waals surface area contributed by atoms with Crippen LogP contribution in [-0.4, -0.2) is 19.2 Å². The van der Waals surface area contributed by atoms with Crippen LogP contribution < -0.4 is 10.6 Å². The number of halogens is 4. The number of hydrogen-bond donors (Lipinski definition) is 2. The van der Waals surface area contributed by atoms with E-state index in [1.807, 2.05) is 0 Å². The van der Waals surface area contributed by atoms with Crippen LogP contribution in [0.2, 0.25) is 0 Å². The maximum absolute atomic E-state index is 13.6. The molecule has 0 unspecified atom stereocenters. The van der Waals surface area contributed by atoms with Crippen LogP contribution in [0.25, 0.3) is 0 Å². The number of ether oxygens (including phenoxy) is 1. The predicted octanol–water partition coefficient (Wildman–Crippen LogP) is 7.80. The van der Waals surface area contributed by atoms with Crippen LogP contribution in [0.15, 0.2) is 42.5 Å². The second kappa shape index (κ2) is 11.1. The largest absolute Gasteiger partial charge is 0.416 e. The van der Waals surface area contributed by atoms with Gasteiger partial charge >= 0.3 is 6.18 Å². The zero-order valence-corrected chi connectivity index (χ0v) is 20.6. The Labute approximate surface area is 211 Å². The number of rotatable bonds is 6. The van der Waals surface area contributed by atoms with E-state index < -0.39 is 17.8 Å². The summed E-state index contributed by atoms with van der Waals surface area (Å²) in [6, 6.07) is 10.1. The number of hydrogen-bond acceptors (Lipinski definition) is 3. The van der Waals surface area contributed by atoms with Crippen molar-refractivity contribution in [2.75, 3.05) is 18.4 Å². The van der Waals surface area contributed by atoms with Crippen LogP contribution >= 0.6 is 0 Å². The van der Waals surface area contributed by atoms with Gasteiger partial charge in [0.15, 0.2) is 0 Å². The van der Waals surface area contributed by atoms with E-state index in [1.54, 1.807) is 12.1 Å². The molecule has 1 saturated heterocycles. The Morgan fingerprint density at radius 2 is 1.67 bits per heavy atom. The van der Waals surface area contributed by atoms with Gasteiger partial charge in [0, 0.05) is 23.7 Å². The second-order valence-corrected chi connectivity index (χ2v) is 10.7.